The minimum Gasteiger partial charge on any atom is -0.480 e. The highest BCUT2D eigenvalue weighted by Gasteiger charge is 2.31. The SMILES string of the molecule is CC1CCC(C(=O)N[C@H](CCC(N)=O)C(=O)O)O1. The minimum atomic E-state index is -1.18. The summed E-state index contributed by atoms with van der Waals surface area (Å²) in [5.41, 5.74) is 4.94. The van der Waals surface area contributed by atoms with Gasteiger partial charge in [0.2, 0.25) is 11.8 Å². The van der Waals surface area contributed by atoms with Crippen LogP contribution in [0.4, 0.5) is 0 Å². The van der Waals surface area contributed by atoms with E-state index in [2.05, 4.69) is 5.32 Å². The Morgan fingerprint density at radius 3 is 2.56 bits per heavy atom. The molecule has 1 heterocycles. The molecular formula is C11H18N2O5. The largest absolute Gasteiger partial charge is 0.480 e. The van der Waals surface area contributed by atoms with Crippen molar-refractivity contribution in [2.24, 2.45) is 5.73 Å². The number of carboxylic acid groups (broad SMARTS) is 1. The number of nitrogens with two attached hydrogens (primary N) is 1. The molecule has 7 heteroatoms. The molecule has 7 nitrogen and oxygen atoms in total. The van der Waals surface area contributed by atoms with Gasteiger partial charge in [0.15, 0.2) is 0 Å². The van der Waals surface area contributed by atoms with Crippen molar-refractivity contribution >= 4 is 17.8 Å². The van der Waals surface area contributed by atoms with E-state index >= 15 is 0 Å². The molecule has 1 aliphatic rings. The second-order valence-corrected chi connectivity index (χ2v) is 4.42. The van der Waals surface area contributed by atoms with Crippen LogP contribution in [-0.2, 0) is 19.1 Å². The first-order valence-electron chi connectivity index (χ1n) is 5.87. The molecule has 4 N–H and O–H groups in total. The van der Waals surface area contributed by atoms with Crippen LogP contribution in [0.2, 0.25) is 0 Å². The summed E-state index contributed by atoms with van der Waals surface area (Å²) in [6.07, 6.45) is 0.662. The normalized spacial score (nSPS) is 24.5. The summed E-state index contributed by atoms with van der Waals surface area (Å²) in [4.78, 5) is 33.3. The fourth-order valence-electron chi connectivity index (χ4n) is 1.80. The smallest absolute Gasteiger partial charge is 0.326 e. The van der Waals surface area contributed by atoms with E-state index in [1.807, 2.05) is 6.92 Å². The van der Waals surface area contributed by atoms with E-state index in [9.17, 15) is 14.4 Å². The number of nitrogens with one attached hydrogen (secondary N) is 1. The first-order valence-corrected chi connectivity index (χ1v) is 5.87. The Kier molecular flexibility index (Phi) is 5.08. The van der Waals surface area contributed by atoms with Gasteiger partial charge >= 0.3 is 5.97 Å². The van der Waals surface area contributed by atoms with Gasteiger partial charge in [0.25, 0.3) is 0 Å². The Balaban J connectivity index is 2.47. The highest BCUT2D eigenvalue weighted by atomic mass is 16.5. The molecule has 3 atom stereocenters. The summed E-state index contributed by atoms with van der Waals surface area (Å²) in [5.74, 6) is -2.23. The third-order valence-corrected chi connectivity index (χ3v) is 2.82. The van der Waals surface area contributed by atoms with Crippen molar-refractivity contribution in [1.82, 2.24) is 5.32 Å². The molecule has 0 radical (unpaired) electrons. The van der Waals surface area contributed by atoms with Crippen molar-refractivity contribution < 1.29 is 24.2 Å². The van der Waals surface area contributed by atoms with E-state index in [-0.39, 0.29) is 18.9 Å². The highest BCUT2D eigenvalue weighted by Crippen LogP contribution is 2.19. The van der Waals surface area contributed by atoms with Crippen LogP contribution in [0.15, 0.2) is 0 Å². The summed E-state index contributed by atoms with van der Waals surface area (Å²) in [6.45, 7) is 1.86. The third-order valence-electron chi connectivity index (χ3n) is 2.82. The van der Waals surface area contributed by atoms with Gasteiger partial charge in [-0.25, -0.2) is 4.79 Å². The average molecular weight is 258 g/mol. The summed E-state index contributed by atoms with van der Waals surface area (Å²) in [5, 5.41) is 11.3. The zero-order chi connectivity index (χ0) is 13.7. The lowest BCUT2D eigenvalue weighted by Crippen LogP contribution is -2.45. The number of primary amides is 1. The lowest BCUT2D eigenvalue weighted by Gasteiger charge is -2.17. The van der Waals surface area contributed by atoms with E-state index in [4.69, 9.17) is 15.6 Å². The molecule has 0 aliphatic carbocycles. The van der Waals surface area contributed by atoms with Crippen molar-refractivity contribution in [3.63, 3.8) is 0 Å². The maximum Gasteiger partial charge on any atom is 0.326 e. The molecule has 2 amide bonds. The molecule has 18 heavy (non-hydrogen) atoms. The molecule has 0 bridgehead atoms. The molecule has 1 rings (SSSR count). The number of carbonyl (C=O) groups is 3. The van der Waals surface area contributed by atoms with Gasteiger partial charge in [0.05, 0.1) is 6.10 Å². The van der Waals surface area contributed by atoms with Crippen molar-refractivity contribution in [2.75, 3.05) is 0 Å². The number of hydrogen-bond donors (Lipinski definition) is 3. The molecule has 1 saturated heterocycles. The maximum atomic E-state index is 11.7. The van der Waals surface area contributed by atoms with E-state index in [1.54, 1.807) is 0 Å². The predicted octanol–water partition coefficient (Wildman–Crippen LogP) is -0.611. The zero-order valence-corrected chi connectivity index (χ0v) is 10.2. The number of carboxylic acids is 1. The van der Waals surface area contributed by atoms with E-state index in [1.165, 1.54) is 0 Å². The van der Waals surface area contributed by atoms with Gasteiger partial charge < -0.3 is 20.9 Å². The first-order chi connectivity index (χ1) is 8.40. The molecule has 0 spiro atoms. The quantitative estimate of drug-likeness (QED) is 0.587. The standard InChI is InChI=1S/C11H18N2O5/c1-6-2-4-8(18-6)10(15)13-7(11(16)17)3-5-9(12)14/h6-8H,2-5H2,1H3,(H2,12,14)(H,13,15)(H,16,17)/t6?,7-,8?/m1/s1. The van der Waals surface area contributed by atoms with E-state index in [0.717, 1.165) is 6.42 Å². The van der Waals surface area contributed by atoms with Gasteiger partial charge in [0, 0.05) is 6.42 Å². The molecule has 0 aromatic carbocycles. The number of carbonyl (C=O) groups excluding carboxylic acids is 2. The Hall–Kier alpha value is -1.63. The van der Waals surface area contributed by atoms with E-state index < -0.39 is 29.9 Å². The van der Waals surface area contributed by atoms with Crippen molar-refractivity contribution in [1.29, 1.82) is 0 Å². The number of amides is 2. The Bertz CT molecular complexity index is 344. The second-order valence-electron chi connectivity index (χ2n) is 4.42. The molecule has 1 fully saturated rings. The molecule has 0 saturated carbocycles. The van der Waals surface area contributed by atoms with Gasteiger partial charge in [-0.1, -0.05) is 0 Å². The molecule has 102 valence electrons. The molecule has 2 unspecified atom stereocenters. The van der Waals surface area contributed by atoms with Crippen molar-refractivity contribution in [3.05, 3.63) is 0 Å². The van der Waals surface area contributed by atoms with Crippen LogP contribution in [0.1, 0.15) is 32.6 Å². The van der Waals surface area contributed by atoms with Crippen LogP contribution in [0.5, 0.6) is 0 Å². The first kappa shape index (κ1) is 14.4. The van der Waals surface area contributed by atoms with Crippen LogP contribution in [-0.4, -0.2) is 41.1 Å². The van der Waals surface area contributed by atoms with Crippen LogP contribution >= 0.6 is 0 Å². The van der Waals surface area contributed by atoms with Crippen LogP contribution in [0.3, 0.4) is 0 Å². The Morgan fingerprint density at radius 2 is 2.11 bits per heavy atom. The van der Waals surface area contributed by atoms with Crippen LogP contribution in [0, 0.1) is 0 Å². The van der Waals surface area contributed by atoms with Crippen molar-refractivity contribution in [2.45, 2.75) is 50.9 Å². The molecular weight excluding hydrogens is 240 g/mol. The maximum absolute atomic E-state index is 11.7. The lowest BCUT2D eigenvalue weighted by molar-refractivity contribution is -0.144. The lowest BCUT2D eigenvalue weighted by atomic mass is 10.1. The number of rotatable bonds is 6. The van der Waals surface area contributed by atoms with Gasteiger partial charge in [-0.15, -0.1) is 0 Å². The summed E-state index contributed by atoms with van der Waals surface area (Å²) < 4.78 is 5.33. The Labute approximate surface area is 105 Å². The fraction of sp³-hybridized carbons (Fsp3) is 0.727. The van der Waals surface area contributed by atoms with Gasteiger partial charge in [-0.3, -0.25) is 9.59 Å². The molecule has 0 aromatic rings. The summed E-state index contributed by atoms with van der Waals surface area (Å²) in [7, 11) is 0. The predicted molar refractivity (Wildman–Crippen MR) is 61.6 cm³/mol. The number of ether oxygens (including phenoxy) is 1. The second kappa shape index (κ2) is 6.34. The van der Waals surface area contributed by atoms with Gasteiger partial charge in [-0.2, -0.15) is 0 Å². The average Bonchev–Trinajstić information content (AvgIpc) is 2.70. The minimum absolute atomic E-state index is 0.00893. The third kappa shape index (κ3) is 4.33. The van der Waals surface area contributed by atoms with E-state index in [0.29, 0.717) is 6.42 Å². The monoisotopic (exact) mass is 258 g/mol. The number of hydrogen-bond acceptors (Lipinski definition) is 4. The topological polar surface area (TPSA) is 119 Å². The van der Waals surface area contributed by atoms with Crippen LogP contribution in [0.25, 0.3) is 0 Å². The zero-order valence-electron chi connectivity index (χ0n) is 10.2. The fourth-order valence-corrected chi connectivity index (χ4v) is 1.80. The summed E-state index contributed by atoms with van der Waals surface area (Å²) >= 11 is 0. The molecule has 1 aliphatic heterocycles. The van der Waals surface area contributed by atoms with Crippen LogP contribution < -0.4 is 11.1 Å². The Morgan fingerprint density at radius 1 is 1.44 bits per heavy atom. The highest BCUT2D eigenvalue weighted by molar-refractivity contribution is 5.86. The van der Waals surface area contributed by atoms with Crippen molar-refractivity contribution in [3.8, 4) is 0 Å². The van der Waals surface area contributed by atoms with Gasteiger partial charge in [0.1, 0.15) is 12.1 Å². The van der Waals surface area contributed by atoms with Gasteiger partial charge in [-0.05, 0) is 26.2 Å². The molecule has 0 aromatic heterocycles. The summed E-state index contributed by atoms with van der Waals surface area (Å²) in [6, 6.07) is -1.11. The number of aliphatic carboxylic acids is 1.